The van der Waals surface area contributed by atoms with E-state index in [0.717, 1.165) is 35.7 Å². The van der Waals surface area contributed by atoms with Gasteiger partial charge in [-0.25, -0.2) is 4.98 Å². The molecule has 0 N–H and O–H groups in total. The normalized spacial score (nSPS) is 18.7. The Balaban J connectivity index is 1.52. The van der Waals surface area contributed by atoms with Gasteiger partial charge in [-0.05, 0) is 39.2 Å². The third-order valence-electron chi connectivity index (χ3n) is 4.84. The number of aromatic nitrogens is 1. The number of nitrogens with zero attached hydrogens (tertiary/aromatic N) is 2. The first-order valence-corrected chi connectivity index (χ1v) is 11.2. The highest BCUT2D eigenvalue weighted by Crippen LogP contribution is 2.39. The van der Waals surface area contributed by atoms with Crippen LogP contribution in [0.1, 0.15) is 16.4 Å². The van der Waals surface area contributed by atoms with E-state index in [1.165, 1.54) is 11.1 Å². The van der Waals surface area contributed by atoms with Crippen molar-refractivity contribution in [2.24, 2.45) is 0 Å². The molecule has 1 unspecified atom stereocenters. The maximum Gasteiger partial charge on any atom is 0.0967 e. The van der Waals surface area contributed by atoms with Gasteiger partial charge in [0.25, 0.3) is 0 Å². The second kappa shape index (κ2) is 9.70. The molecule has 28 heavy (non-hydrogen) atoms. The average Bonchev–Trinajstić information content (AvgIpc) is 2.75. The minimum Gasteiger partial charge on any atom is -0.374 e. The summed E-state index contributed by atoms with van der Waals surface area (Å²) in [5, 5.41) is 1.22. The summed E-state index contributed by atoms with van der Waals surface area (Å²) in [6.07, 6.45) is 1.98. The maximum atomic E-state index is 6.26. The highest BCUT2D eigenvalue weighted by molar-refractivity contribution is 9.10. The lowest BCUT2D eigenvalue weighted by molar-refractivity contribution is -0.0320. The molecule has 0 radical (unpaired) electrons. The number of hydrogen-bond donors (Lipinski definition) is 0. The Morgan fingerprint density at radius 1 is 1.04 bits per heavy atom. The van der Waals surface area contributed by atoms with E-state index in [1.807, 2.05) is 12.3 Å². The van der Waals surface area contributed by atoms with Gasteiger partial charge in [-0.1, -0.05) is 72.4 Å². The molecule has 0 bridgehead atoms. The molecule has 1 fully saturated rings. The second-order valence-electron chi connectivity index (χ2n) is 6.89. The Morgan fingerprint density at radius 2 is 1.79 bits per heavy atom. The first-order valence-electron chi connectivity index (χ1n) is 9.49. The van der Waals surface area contributed by atoms with Crippen molar-refractivity contribution in [2.75, 3.05) is 19.7 Å². The standard InChI is InChI=1S/C23H23BrN2OS/c24-20-11-12-22(25-15-20)28-23(19-9-5-2-6-10-19)21-17-26(13-14-27-21)16-18-7-3-1-4-8-18/h1-12,15,21,23H,13-14,16-17H2/t21-,23?/m0/s1. The van der Waals surface area contributed by atoms with Crippen molar-refractivity contribution in [1.29, 1.82) is 0 Å². The quantitative estimate of drug-likeness (QED) is 0.454. The molecular formula is C23H23BrN2OS. The highest BCUT2D eigenvalue weighted by Gasteiger charge is 2.30. The van der Waals surface area contributed by atoms with Crippen molar-refractivity contribution >= 4 is 27.7 Å². The Kier molecular flexibility index (Phi) is 6.81. The summed E-state index contributed by atoms with van der Waals surface area (Å²) in [6.45, 7) is 3.60. The van der Waals surface area contributed by atoms with Crippen LogP contribution in [-0.4, -0.2) is 35.7 Å². The van der Waals surface area contributed by atoms with Gasteiger partial charge in [0, 0.05) is 30.3 Å². The highest BCUT2D eigenvalue weighted by atomic mass is 79.9. The number of morpholine rings is 1. The molecular weight excluding hydrogens is 432 g/mol. The molecule has 144 valence electrons. The smallest absolute Gasteiger partial charge is 0.0967 e. The Morgan fingerprint density at radius 3 is 2.50 bits per heavy atom. The average molecular weight is 455 g/mol. The molecule has 1 aromatic heterocycles. The van der Waals surface area contributed by atoms with E-state index in [-0.39, 0.29) is 11.4 Å². The Hall–Kier alpha value is -1.66. The van der Waals surface area contributed by atoms with E-state index in [0.29, 0.717) is 0 Å². The predicted octanol–water partition coefficient (Wildman–Crippen LogP) is 5.58. The van der Waals surface area contributed by atoms with Crippen LogP contribution in [0.2, 0.25) is 0 Å². The number of hydrogen-bond acceptors (Lipinski definition) is 4. The van der Waals surface area contributed by atoms with Gasteiger partial charge in [0.2, 0.25) is 0 Å². The molecule has 1 saturated heterocycles. The van der Waals surface area contributed by atoms with Crippen LogP contribution in [0.4, 0.5) is 0 Å². The van der Waals surface area contributed by atoms with Crippen LogP contribution in [0.25, 0.3) is 0 Å². The van der Waals surface area contributed by atoms with E-state index in [2.05, 4.69) is 92.5 Å². The zero-order valence-electron chi connectivity index (χ0n) is 15.6. The largest absolute Gasteiger partial charge is 0.374 e. The predicted molar refractivity (Wildman–Crippen MR) is 118 cm³/mol. The van der Waals surface area contributed by atoms with Gasteiger partial charge in [0.15, 0.2) is 0 Å². The van der Waals surface area contributed by atoms with E-state index in [9.17, 15) is 0 Å². The number of benzene rings is 2. The summed E-state index contributed by atoms with van der Waals surface area (Å²) in [5.41, 5.74) is 2.63. The fourth-order valence-corrected chi connectivity index (χ4v) is 4.83. The van der Waals surface area contributed by atoms with Crippen molar-refractivity contribution in [2.45, 2.75) is 22.9 Å². The van der Waals surface area contributed by atoms with Crippen LogP contribution >= 0.6 is 27.7 Å². The van der Waals surface area contributed by atoms with Gasteiger partial charge in [0.1, 0.15) is 0 Å². The topological polar surface area (TPSA) is 25.4 Å². The molecule has 2 aromatic carbocycles. The van der Waals surface area contributed by atoms with Gasteiger partial charge in [0.05, 0.1) is 23.0 Å². The van der Waals surface area contributed by atoms with Crippen molar-refractivity contribution in [1.82, 2.24) is 9.88 Å². The van der Waals surface area contributed by atoms with Crippen molar-refractivity contribution in [3.8, 4) is 0 Å². The summed E-state index contributed by atoms with van der Waals surface area (Å²) in [7, 11) is 0. The molecule has 0 amide bonds. The minimum atomic E-state index is 0.121. The van der Waals surface area contributed by atoms with Gasteiger partial charge in [-0.15, -0.1) is 0 Å². The van der Waals surface area contributed by atoms with Crippen LogP contribution < -0.4 is 0 Å². The van der Waals surface area contributed by atoms with Crippen LogP contribution in [0, 0.1) is 0 Å². The van der Waals surface area contributed by atoms with Gasteiger partial charge >= 0.3 is 0 Å². The molecule has 0 saturated carbocycles. The van der Waals surface area contributed by atoms with E-state index in [4.69, 9.17) is 4.74 Å². The Bertz CT molecular complexity index is 861. The van der Waals surface area contributed by atoms with E-state index < -0.39 is 0 Å². The molecule has 4 rings (SSSR count). The second-order valence-corrected chi connectivity index (χ2v) is 8.97. The fraction of sp³-hybridized carbons (Fsp3) is 0.261. The maximum absolute atomic E-state index is 6.26. The molecule has 2 heterocycles. The first-order chi connectivity index (χ1) is 13.8. The summed E-state index contributed by atoms with van der Waals surface area (Å²) in [6, 6.07) is 25.4. The number of rotatable bonds is 6. The lowest BCUT2D eigenvalue weighted by atomic mass is 10.1. The van der Waals surface area contributed by atoms with Crippen LogP contribution in [0.15, 0.2) is 88.5 Å². The van der Waals surface area contributed by atoms with Gasteiger partial charge in [-0.2, -0.15) is 0 Å². The van der Waals surface area contributed by atoms with E-state index in [1.54, 1.807) is 11.8 Å². The van der Waals surface area contributed by atoms with Crippen molar-refractivity contribution in [3.63, 3.8) is 0 Å². The molecule has 3 aromatic rings. The number of thioether (sulfide) groups is 1. The number of ether oxygens (including phenoxy) is 1. The summed E-state index contributed by atoms with van der Waals surface area (Å²) in [4.78, 5) is 7.07. The molecule has 5 heteroatoms. The zero-order chi connectivity index (χ0) is 19.2. The lowest BCUT2D eigenvalue weighted by Gasteiger charge is -2.37. The third kappa shape index (κ3) is 5.23. The molecule has 1 aliphatic heterocycles. The zero-order valence-corrected chi connectivity index (χ0v) is 18.0. The Labute approximate surface area is 179 Å². The molecule has 1 aliphatic rings. The summed E-state index contributed by atoms with van der Waals surface area (Å²) >= 11 is 5.25. The molecule has 0 aliphatic carbocycles. The lowest BCUT2D eigenvalue weighted by Crippen LogP contribution is -2.44. The monoisotopic (exact) mass is 454 g/mol. The molecule has 3 nitrogen and oxygen atoms in total. The molecule has 2 atom stereocenters. The number of pyridine rings is 1. The third-order valence-corrected chi connectivity index (χ3v) is 6.62. The molecule has 0 spiro atoms. The van der Waals surface area contributed by atoms with Crippen LogP contribution in [0.3, 0.4) is 0 Å². The fourth-order valence-electron chi connectivity index (χ4n) is 3.46. The van der Waals surface area contributed by atoms with Crippen LogP contribution in [0.5, 0.6) is 0 Å². The minimum absolute atomic E-state index is 0.121. The van der Waals surface area contributed by atoms with Crippen LogP contribution in [-0.2, 0) is 11.3 Å². The first kappa shape index (κ1) is 19.6. The van der Waals surface area contributed by atoms with Crippen molar-refractivity contribution < 1.29 is 4.74 Å². The summed E-state index contributed by atoms with van der Waals surface area (Å²) in [5.74, 6) is 0. The van der Waals surface area contributed by atoms with Crippen molar-refractivity contribution in [3.05, 3.63) is 94.6 Å². The summed E-state index contributed by atoms with van der Waals surface area (Å²) < 4.78 is 7.26. The van der Waals surface area contributed by atoms with Gasteiger partial charge in [-0.3, -0.25) is 4.90 Å². The number of halogens is 1. The SMILES string of the molecule is Brc1ccc(SC(c2ccccc2)[C@@H]2CN(Cc3ccccc3)CCO2)nc1. The van der Waals surface area contributed by atoms with E-state index >= 15 is 0 Å². The van der Waals surface area contributed by atoms with Gasteiger partial charge < -0.3 is 4.74 Å².